The highest BCUT2D eigenvalue weighted by Crippen LogP contribution is 2.27. The molecule has 2 rings (SSSR count). The summed E-state index contributed by atoms with van der Waals surface area (Å²) < 4.78 is 0. The van der Waals surface area contributed by atoms with Gasteiger partial charge in [-0.1, -0.05) is 38.5 Å². The Kier molecular flexibility index (Phi) is 3.42. The molecular weight excluding hydrogens is 196 g/mol. The summed E-state index contributed by atoms with van der Waals surface area (Å²) in [6, 6.07) is 6.34. The van der Waals surface area contributed by atoms with Crippen LogP contribution in [0.1, 0.15) is 66.9 Å². The second-order valence-corrected chi connectivity index (χ2v) is 5.02. The topological polar surface area (TPSA) is 17.1 Å². The van der Waals surface area contributed by atoms with Crippen molar-refractivity contribution in [3.8, 4) is 0 Å². The van der Waals surface area contributed by atoms with Gasteiger partial charge in [0.25, 0.3) is 0 Å². The number of Topliss-reactive ketones (excluding diaryl/α,β-unsaturated/α-hetero) is 1. The van der Waals surface area contributed by atoms with Crippen molar-refractivity contribution in [2.75, 3.05) is 0 Å². The van der Waals surface area contributed by atoms with Crippen LogP contribution in [0.2, 0.25) is 0 Å². The molecule has 0 atom stereocenters. The number of carbonyl (C=O) groups excluding carboxylic acids is 1. The number of hydrogen-bond donors (Lipinski definition) is 0. The fraction of sp³-hybridized carbons (Fsp3) is 0.533. The molecule has 1 nitrogen and oxygen atoms in total. The van der Waals surface area contributed by atoms with Gasteiger partial charge >= 0.3 is 0 Å². The highest BCUT2D eigenvalue weighted by atomic mass is 16.1. The molecule has 0 bridgehead atoms. The summed E-state index contributed by atoms with van der Waals surface area (Å²) in [5, 5.41) is 0. The molecule has 1 aliphatic rings. The van der Waals surface area contributed by atoms with Gasteiger partial charge in [-0.25, -0.2) is 0 Å². The number of fused-ring (bicyclic) bond motifs is 1. The van der Waals surface area contributed by atoms with Crippen LogP contribution >= 0.6 is 0 Å². The normalized spacial score (nSPS) is 16.8. The average molecular weight is 216 g/mol. The van der Waals surface area contributed by atoms with E-state index in [9.17, 15) is 4.79 Å². The minimum absolute atomic E-state index is 0.360. The summed E-state index contributed by atoms with van der Waals surface area (Å²) in [4.78, 5) is 12.2. The van der Waals surface area contributed by atoms with Gasteiger partial charge in [0.05, 0.1) is 0 Å². The van der Waals surface area contributed by atoms with Gasteiger partial charge in [-0.15, -0.1) is 0 Å². The Morgan fingerprint density at radius 3 is 2.56 bits per heavy atom. The molecule has 16 heavy (non-hydrogen) atoms. The molecule has 0 N–H and O–H groups in total. The van der Waals surface area contributed by atoms with E-state index < -0.39 is 0 Å². The van der Waals surface area contributed by atoms with Crippen LogP contribution in [-0.2, 0) is 6.42 Å². The maximum atomic E-state index is 12.2. The molecule has 1 aromatic rings. The molecule has 1 aromatic carbocycles. The van der Waals surface area contributed by atoms with Crippen LogP contribution in [0, 0.1) is 0 Å². The molecule has 0 saturated heterocycles. The highest BCUT2D eigenvalue weighted by Gasteiger charge is 2.19. The van der Waals surface area contributed by atoms with Gasteiger partial charge in [0.15, 0.2) is 5.78 Å². The lowest BCUT2D eigenvalue weighted by Crippen LogP contribution is -2.11. The fourth-order valence-electron chi connectivity index (χ4n) is 2.55. The molecule has 0 aromatic heterocycles. The van der Waals surface area contributed by atoms with Gasteiger partial charge in [0.1, 0.15) is 0 Å². The van der Waals surface area contributed by atoms with E-state index in [4.69, 9.17) is 0 Å². The van der Waals surface area contributed by atoms with E-state index in [1.807, 2.05) is 0 Å². The predicted octanol–water partition coefficient (Wildman–Crippen LogP) is 4.11. The monoisotopic (exact) mass is 216 g/mol. The first-order chi connectivity index (χ1) is 7.70. The summed E-state index contributed by atoms with van der Waals surface area (Å²) in [7, 11) is 0. The second-order valence-electron chi connectivity index (χ2n) is 5.02. The number of ketones is 1. The lowest BCUT2D eigenvalue weighted by molar-refractivity contribution is 0.0975. The Bertz CT molecular complexity index is 390. The molecule has 1 aliphatic carbocycles. The zero-order valence-corrected chi connectivity index (χ0v) is 10.3. The minimum Gasteiger partial charge on any atom is -0.294 e. The molecule has 86 valence electrons. The van der Waals surface area contributed by atoms with Crippen LogP contribution in [-0.4, -0.2) is 5.78 Å². The number of carbonyl (C=O) groups is 1. The molecule has 0 amide bonds. The summed E-state index contributed by atoms with van der Waals surface area (Å²) in [5.74, 6) is 0.803. The molecule has 0 unspecified atom stereocenters. The van der Waals surface area contributed by atoms with Crippen molar-refractivity contribution in [2.24, 2.45) is 0 Å². The Hall–Kier alpha value is -1.11. The SMILES string of the molecule is CC(C)c1cccc2c1C(=O)CCCCC2. The van der Waals surface area contributed by atoms with Crippen LogP contribution in [0.5, 0.6) is 0 Å². The quantitative estimate of drug-likeness (QED) is 0.690. The first-order valence-electron chi connectivity index (χ1n) is 6.35. The third-order valence-electron chi connectivity index (χ3n) is 3.43. The molecule has 0 radical (unpaired) electrons. The Morgan fingerprint density at radius 2 is 1.81 bits per heavy atom. The Balaban J connectivity index is 2.50. The van der Waals surface area contributed by atoms with Crippen molar-refractivity contribution >= 4 is 5.78 Å². The van der Waals surface area contributed by atoms with Crippen molar-refractivity contribution in [2.45, 2.75) is 51.9 Å². The summed E-state index contributed by atoms with van der Waals surface area (Å²) >= 11 is 0. The van der Waals surface area contributed by atoms with Crippen LogP contribution in [0.4, 0.5) is 0 Å². The molecule has 0 heterocycles. The molecule has 0 fully saturated rings. The van der Waals surface area contributed by atoms with Crippen LogP contribution < -0.4 is 0 Å². The van der Waals surface area contributed by atoms with E-state index in [2.05, 4.69) is 32.0 Å². The maximum absolute atomic E-state index is 12.2. The van der Waals surface area contributed by atoms with Gasteiger partial charge in [-0.3, -0.25) is 4.79 Å². The van der Waals surface area contributed by atoms with Crippen molar-refractivity contribution in [3.63, 3.8) is 0 Å². The Morgan fingerprint density at radius 1 is 1.06 bits per heavy atom. The molecular formula is C15H20O. The fourth-order valence-corrected chi connectivity index (χ4v) is 2.55. The van der Waals surface area contributed by atoms with E-state index >= 15 is 0 Å². The third kappa shape index (κ3) is 2.18. The number of hydrogen-bond acceptors (Lipinski definition) is 1. The molecule has 0 aliphatic heterocycles. The number of rotatable bonds is 1. The van der Waals surface area contributed by atoms with Crippen LogP contribution in [0.3, 0.4) is 0 Å². The first kappa shape index (κ1) is 11.4. The van der Waals surface area contributed by atoms with E-state index in [1.165, 1.54) is 24.0 Å². The van der Waals surface area contributed by atoms with Crippen molar-refractivity contribution in [1.82, 2.24) is 0 Å². The van der Waals surface area contributed by atoms with E-state index in [0.717, 1.165) is 24.8 Å². The van der Waals surface area contributed by atoms with Crippen molar-refractivity contribution < 1.29 is 4.79 Å². The minimum atomic E-state index is 0.360. The average Bonchev–Trinajstić information content (AvgIpc) is 2.25. The van der Waals surface area contributed by atoms with Gasteiger partial charge in [-0.05, 0) is 36.3 Å². The molecule has 0 saturated carbocycles. The van der Waals surface area contributed by atoms with Gasteiger partial charge < -0.3 is 0 Å². The second kappa shape index (κ2) is 4.82. The number of benzene rings is 1. The Labute approximate surface area is 97.9 Å². The highest BCUT2D eigenvalue weighted by molar-refractivity contribution is 5.99. The maximum Gasteiger partial charge on any atom is 0.163 e. The smallest absolute Gasteiger partial charge is 0.163 e. The first-order valence-corrected chi connectivity index (χ1v) is 6.35. The van der Waals surface area contributed by atoms with Crippen molar-refractivity contribution in [1.29, 1.82) is 0 Å². The van der Waals surface area contributed by atoms with Crippen molar-refractivity contribution in [3.05, 3.63) is 34.9 Å². The van der Waals surface area contributed by atoms with E-state index in [1.54, 1.807) is 0 Å². The lowest BCUT2D eigenvalue weighted by Gasteiger charge is -2.18. The zero-order chi connectivity index (χ0) is 11.5. The lowest BCUT2D eigenvalue weighted by atomic mass is 9.85. The summed E-state index contributed by atoms with van der Waals surface area (Å²) in [6.07, 6.45) is 5.28. The molecule has 0 spiro atoms. The zero-order valence-electron chi connectivity index (χ0n) is 10.3. The van der Waals surface area contributed by atoms with Gasteiger partial charge in [0.2, 0.25) is 0 Å². The predicted molar refractivity (Wildman–Crippen MR) is 67.0 cm³/mol. The largest absolute Gasteiger partial charge is 0.294 e. The van der Waals surface area contributed by atoms with Gasteiger partial charge in [0, 0.05) is 12.0 Å². The van der Waals surface area contributed by atoms with E-state index in [-0.39, 0.29) is 0 Å². The van der Waals surface area contributed by atoms with Crippen LogP contribution in [0.15, 0.2) is 18.2 Å². The number of aryl methyl sites for hydroxylation is 1. The standard InChI is InChI=1S/C15H20O/c1-11(2)13-9-6-8-12-7-4-3-5-10-14(16)15(12)13/h6,8-9,11H,3-5,7,10H2,1-2H3. The van der Waals surface area contributed by atoms with E-state index in [0.29, 0.717) is 11.7 Å². The summed E-state index contributed by atoms with van der Waals surface area (Å²) in [5.41, 5.74) is 3.55. The van der Waals surface area contributed by atoms with Gasteiger partial charge in [-0.2, -0.15) is 0 Å². The molecule has 1 heteroatoms. The summed E-state index contributed by atoms with van der Waals surface area (Å²) in [6.45, 7) is 4.34. The van der Waals surface area contributed by atoms with Crippen LogP contribution in [0.25, 0.3) is 0 Å². The third-order valence-corrected chi connectivity index (χ3v) is 3.43.